The van der Waals surface area contributed by atoms with Crippen LogP contribution in [0.1, 0.15) is 37.7 Å². The van der Waals surface area contributed by atoms with Gasteiger partial charge in [-0.1, -0.05) is 0 Å². The number of nitrogens with zero attached hydrogens (tertiary/aromatic N) is 1. The molecule has 0 saturated heterocycles. The number of rotatable bonds is 6. The summed E-state index contributed by atoms with van der Waals surface area (Å²) in [6.45, 7) is 6.23. The van der Waals surface area contributed by atoms with E-state index >= 15 is 0 Å². The molecule has 5 heteroatoms. The number of carbonyl (C=O) groups is 2. The fraction of sp³-hybridized carbons (Fsp3) is 0.538. The van der Waals surface area contributed by atoms with E-state index in [0.717, 1.165) is 0 Å². The van der Waals surface area contributed by atoms with Gasteiger partial charge in [0.15, 0.2) is 5.76 Å². The van der Waals surface area contributed by atoms with Crippen LogP contribution in [0.25, 0.3) is 0 Å². The van der Waals surface area contributed by atoms with E-state index in [1.807, 2.05) is 13.8 Å². The average molecular weight is 253 g/mol. The van der Waals surface area contributed by atoms with Gasteiger partial charge >= 0.3 is 5.97 Å². The summed E-state index contributed by atoms with van der Waals surface area (Å²) in [4.78, 5) is 25.0. The first kappa shape index (κ1) is 14.3. The fourth-order valence-corrected chi connectivity index (χ4v) is 1.58. The van der Waals surface area contributed by atoms with Crippen molar-refractivity contribution in [3.63, 3.8) is 0 Å². The Morgan fingerprint density at radius 2 is 2.17 bits per heavy atom. The van der Waals surface area contributed by atoms with Gasteiger partial charge in [0.2, 0.25) is 0 Å². The molecule has 0 bridgehead atoms. The second-order valence-corrected chi connectivity index (χ2v) is 4.12. The second-order valence-electron chi connectivity index (χ2n) is 4.12. The standard InChI is InChI=1S/C13H19NO4/c1-4-17-12(15)7-8-14(10(2)3)13(16)11-6-5-9-18-11/h5-6,9-10H,4,7-8H2,1-3H3. The van der Waals surface area contributed by atoms with Gasteiger partial charge in [0.1, 0.15) is 0 Å². The Bertz CT molecular complexity index is 384. The number of esters is 1. The van der Waals surface area contributed by atoms with Crippen molar-refractivity contribution in [2.24, 2.45) is 0 Å². The number of amides is 1. The van der Waals surface area contributed by atoms with Crippen molar-refractivity contribution >= 4 is 11.9 Å². The Labute approximate surface area is 107 Å². The molecule has 0 atom stereocenters. The van der Waals surface area contributed by atoms with Gasteiger partial charge in [0.25, 0.3) is 5.91 Å². The van der Waals surface area contributed by atoms with Crippen LogP contribution < -0.4 is 0 Å². The molecule has 1 rings (SSSR count). The van der Waals surface area contributed by atoms with Gasteiger partial charge in [-0.2, -0.15) is 0 Å². The van der Waals surface area contributed by atoms with Crippen LogP contribution in [0.5, 0.6) is 0 Å². The van der Waals surface area contributed by atoms with Crippen LogP contribution in [0, 0.1) is 0 Å². The zero-order chi connectivity index (χ0) is 13.5. The Morgan fingerprint density at radius 3 is 2.67 bits per heavy atom. The lowest BCUT2D eigenvalue weighted by Gasteiger charge is -2.25. The number of hydrogen-bond acceptors (Lipinski definition) is 4. The lowest BCUT2D eigenvalue weighted by molar-refractivity contribution is -0.143. The highest BCUT2D eigenvalue weighted by atomic mass is 16.5. The van der Waals surface area contributed by atoms with Crippen molar-refractivity contribution in [2.45, 2.75) is 33.2 Å². The molecular formula is C13H19NO4. The van der Waals surface area contributed by atoms with Gasteiger partial charge < -0.3 is 14.1 Å². The van der Waals surface area contributed by atoms with Gasteiger partial charge in [-0.3, -0.25) is 9.59 Å². The van der Waals surface area contributed by atoms with E-state index in [0.29, 0.717) is 13.2 Å². The lowest BCUT2D eigenvalue weighted by atomic mass is 10.2. The molecule has 0 spiro atoms. The third-order valence-electron chi connectivity index (χ3n) is 2.48. The molecular weight excluding hydrogens is 234 g/mol. The van der Waals surface area contributed by atoms with Crippen LogP contribution in [0.3, 0.4) is 0 Å². The van der Waals surface area contributed by atoms with Gasteiger partial charge in [-0.05, 0) is 32.9 Å². The summed E-state index contributed by atoms with van der Waals surface area (Å²) in [5.74, 6) is -0.220. The summed E-state index contributed by atoms with van der Waals surface area (Å²) >= 11 is 0. The molecule has 0 radical (unpaired) electrons. The summed E-state index contributed by atoms with van der Waals surface area (Å²) in [5.41, 5.74) is 0. The third-order valence-corrected chi connectivity index (χ3v) is 2.48. The van der Waals surface area contributed by atoms with Crippen molar-refractivity contribution in [3.8, 4) is 0 Å². The van der Waals surface area contributed by atoms with Crippen molar-refractivity contribution in [3.05, 3.63) is 24.2 Å². The minimum Gasteiger partial charge on any atom is -0.466 e. The molecule has 1 amide bonds. The van der Waals surface area contributed by atoms with E-state index < -0.39 is 0 Å². The van der Waals surface area contributed by atoms with E-state index in [9.17, 15) is 9.59 Å². The molecule has 0 N–H and O–H groups in total. The Kier molecular flexibility index (Phi) is 5.42. The summed E-state index contributed by atoms with van der Waals surface area (Å²) in [6, 6.07) is 3.27. The van der Waals surface area contributed by atoms with E-state index in [1.165, 1.54) is 6.26 Å². The largest absolute Gasteiger partial charge is 0.466 e. The van der Waals surface area contributed by atoms with Crippen molar-refractivity contribution in [1.29, 1.82) is 0 Å². The molecule has 1 aromatic rings. The van der Waals surface area contributed by atoms with Gasteiger partial charge in [0.05, 0.1) is 19.3 Å². The zero-order valence-corrected chi connectivity index (χ0v) is 11.0. The van der Waals surface area contributed by atoms with Crippen LogP contribution in [-0.2, 0) is 9.53 Å². The van der Waals surface area contributed by atoms with Crippen LogP contribution in [0.4, 0.5) is 0 Å². The molecule has 1 aromatic heterocycles. The van der Waals surface area contributed by atoms with Crippen LogP contribution in [-0.4, -0.2) is 36.0 Å². The molecule has 0 aliphatic rings. The lowest BCUT2D eigenvalue weighted by Crippen LogP contribution is -2.38. The average Bonchev–Trinajstić information content (AvgIpc) is 2.82. The van der Waals surface area contributed by atoms with E-state index in [4.69, 9.17) is 9.15 Å². The maximum absolute atomic E-state index is 12.1. The Balaban J connectivity index is 2.60. The van der Waals surface area contributed by atoms with Crippen LogP contribution in [0.15, 0.2) is 22.8 Å². The molecule has 0 aliphatic carbocycles. The third kappa shape index (κ3) is 3.91. The first-order valence-corrected chi connectivity index (χ1v) is 6.06. The van der Waals surface area contributed by atoms with E-state index in [-0.39, 0.29) is 30.1 Å². The first-order chi connectivity index (χ1) is 8.56. The molecule has 100 valence electrons. The number of carbonyl (C=O) groups excluding carboxylic acids is 2. The second kappa shape index (κ2) is 6.83. The number of hydrogen-bond donors (Lipinski definition) is 0. The highest BCUT2D eigenvalue weighted by Crippen LogP contribution is 2.10. The topological polar surface area (TPSA) is 59.8 Å². The number of furan rings is 1. The molecule has 0 unspecified atom stereocenters. The van der Waals surface area contributed by atoms with Crippen molar-refractivity contribution < 1.29 is 18.7 Å². The predicted molar refractivity (Wildman–Crippen MR) is 66.1 cm³/mol. The summed E-state index contributed by atoms with van der Waals surface area (Å²) < 4.78 is 9.92. The highest BCUT2D eigenvalue weighted by Gasteiger charge is 2.21. The van der Waals surface area contributed by atoms with Crippen molar-refractivity contribution in [2.75, 3.05) is 13.2 Å². The Hall–Kier alpha value is -1.78. The summed E-state index contributed by atoms with van der Waals surface area (Å²) in [6.07, 6.45) is 1.65. The van der Waals surface area contributed by atoms with Gasteiger partial charge in [0, 0.05) is 12.6 Å². The molecule has 0 aromatic carbocycles. The van der Waals surface area contributed by atoms with Gasteiger partial charge in [-0.15, -0.1) is 0 Å². The highest BCUT2D eigenvalue weighted by molar-refractivity contribution is 5.91. The maximum atomic E-state index is 12.1. The Morgan fingerprint density at radius 1 is 1.44 bits per heavy atom. The molecule has 18 heavy (non-hydrogen) atoms. The molecule has 1 heterocycles. The van der Waals surface area contributed by atoms with Gasteiger partial charge in [-0.25, -0.2) is 0 Å². The maximum Gasteiger partial charge on any atom is 0.307 e. The minimum absolute atomic E-state index is 0.00275. The normalized spacial score (nSPS) is 10.4. The molecule has 0 fully saturated rings. The fourth-order valence-electron chi connectivity index (χ4n) is 1.58. The van der Waals surface area contributed by atoms with E-state index in [2.05, 4.69) is 0 Å². The SMILES string of the molecule is CCOC(=O)CCN(C(=O)c1ccco1)C(C)C. The monoisotopic (exact) mass is 253 g/mol. The summed E-state index contributed by atoms with van der Waals surface area (Å²) in [5, 5.41) is 0. The van der Waals surface area contributed by atoms with Crippen molar-refractivity contribution in [1.82, 2.24) is 4.90 Å². The smallest absolute Gasteiger partial charge is 0.307 e. The predicted octanol–water partition coefficient (Wildman–Crippen LogP) is 2.08. The molecule has 0 aliphatic heterocycles. The quantitative estimate of drug-likeness (QED) is 0.728. The minimum atomic E-state index is -0.296. The molecule has 0 saturated carbocycles. The van der Waals surface area contributed by atoms with Crippen LogP contribution >= 0.6 is 0 Å². The first-order valence-electron chi connectivity index (χ1n) is 6.06. The van der Waals surface area contributed by atoms with E-state index in [1.54, 1.807) is 24.0 Å². The van der Waals surface area contributed by atoms with Crippen LogP contribution in [0.2, 0.25) is 0 Å². The molecule has 5 nitrogen and oxygen atoms in total. The number of ether oxygens (including phenoxy) is 1. The summed E-state index contributed by atoms with van der Waals surface area (Å²) in [7, 11) is 0. The zero-order valence-electron chi connectivity index (χ0n) is 11.0.